The van der Waals surface area contributed by atoms with Crippen LogP contribution in [0.15, 0.2) is 47.1 Å². The van der Waals surface area contributed by atoms with E-state index in [2.05, 4.69) is 5.32 Å². The van der Waals surface area contributed by atoms with Gasteiger partial charge in [-0.25, -0.2) is 0 Å². The number of carbonyl (C=O) groups is 3. The Morgan fingerprint density at radius 1 is 0.896 bits per heavy atom. The molecule has 3 aliphatic rings. The van der Waals surface area contributed by atoms with Crippen molar-refractivity contribution >= 4 is 17.7 Å². The normalized spacial score (nSPS) is 40.5. The molecule has 1 aromatic carbocycles. The summed E-state index contributed by atoms with van der Waals surface area (Å²) < 4.78 is 43.7. The number of ketones is 1. The highest BCUT2D eigenvalue weighted by molar-refractivity contribution is 5.83. The lowest BCUT2D eigenvalue weighted by molar-refractivity contribution is -0.299. The fraction of sp³-hybridized carbons (Fsp3) is 0.745. The molecule has 3 fully saturated rings. The van der Waals surface area contributed by atoms with Crippen molar-refractivity contribution in [3.05, 3.63) is 48.2 Å². The summed E-state index contributed by atoms with van der Waals surface area (Å²) in [5, 5.41) is 50.0. The molecule has 4 heterocycles. The molecule has 378 valence electrons. The van der Waals surface area contributed by atoms with Gasteiger partial charge in [-0.15, -0.1) is 0 Å². The second kappa shape index (κ2) is 22.6. The van der Waals surface area contributed by atoms with Crippen molar-refractivity contribution in [3.63, 3.8) is 0 Å². The zero-order valence-corrected chi connectivity index (χ0v) is 42.0. The van der Waals surface area contributed by atoms with E-state index in [9.17, 15) is 34.8 Å². The monoisotopic (exact) mass is 945 g/mol. The SMILES string of the molecule is COC1(C)CC(O[C@H]2[C@H](C)[C@@H](CC3OC(C)CC(N(C)C)C3O)[C@](C)(OC)C[C@@H](C)C(=O)[C@H](C)[C@@H](O)[C@](C)(O)[C@@H](CCNC(=O)Cc3cccc(-c4ccco4)c3)OC(=O)[C@@H]2C)OC(C)C1O. The first-order valence-corrected chi connectivity index (χ1v) is 24.0. The summed E-state index contributed by atoms with van der Waals surface area (Å²) in [7, 11) is 6.92. The summed E-state index contributed by atoms with van der Waals surface area (Å²) in [6, 6.07) is 10.8. The third-order valence-electron chi connectivity index (χ3n) is 15.4. The lowest BCUT2D eigenvalue weighted by Crippen LogP contribution is -2.59. The Balaban J connectivity index is 1.52. The van der Waals surface area contributed by atoms with Crippen molar-refractivity contribution in [1.29, 1.82) is 0 Å². The van der Waals surface area contributed by atoms with E-state index in [1.165, 1.54) is 14.0 Å². The van der Waals surface area contributed by atoms with Crippen LogP contribution < -0.4 is 5.32 Å². The summed E-state index contributed by atoms with van der Waals surface area (Å²) in [4.78, 5) is 44.6. The topological polar surface area (TPSA) is 216 Å². The second-order valence-corrected chi connectivity index (χ2v) is 20.7. The van der Waals surface area contributed by atoms with Gasteiger partial charge in [0.2, 0.25) is 5.91 Å². The van der Waals surface area contributed by atoms with Gasteiger partial charge < -0.3 is 63.5 Å². The van der Waals surface area contributed by atoms with E-state index in [4.69, 9.17) is 32.8 Å². The molecular formula is C51H80N2O14. The van der Waals surface area contributed by atoms with E-state index in [0.717, 1.165) is 11.1 Å². The predicted molar refractivity (Wildman–Crippen MR) is 249 cm³/mol. The van der Waals surface area contributed by atoms with Gasteiger partial charge in [0.1, 0.15) is 29.4 Å². The molecule has 0 aliphatic carbocycles. The van der Waals surface area contributed by atoms with Crippen LogP contribution in [-0.2, 0) is 49.2 Å². The number of hydrogen-bond donors (Lipinski definition) is 5. The average molecular weight is 945 g/mol. The second-order valence-electron chi connectivity index (χ2n) is 20.7. The van der Waals surface area contributed by atoms with Gasteiger partial charge in [0, 0.05) is 57.0 Å². The van der Waals surface area contributed by atoms with Gasteiger partial charge in [0.15, 0.2) is 6.29 Å². The van der Waals surface area contributed by atoms with E-state index in [1.807, 2.05) is 70.1 Å². The summed E-state index contributed by atoms with van der Waals surface area (Å²) in [6.45, 7) is 15.6. The van der Waals surface area contributed by atoms with Crippen LogP contribution in [0.5, 0.6) is 0 Å². The molecule has 18 atom stereocenters. The van der Waals surface area contributed by atoms with Crippen molar-refractivity contribution in [1.82, 2.24) is 10.2 Å². The number of benzene rings is 1. The Morgan fingerprint density at radius 3 is 2.21 bits per heavy atom. The van der Waals surface area contributed by atoms with Gasteiger partial charge in [-0.05, 0) is 110 Å². The van der Waals surface area contributed by atoms with Crippen LogP contribution in [0.2, 0.25) is 0 Å². The number of Topliss-reactive ketones (excluding diaryl/α,β-unsaturated/α-hetero) is 1. The molecule has 0 spiro atoms. The Kier molecular flexibility index (Phi) is 18.5. The Bertz CT molecular complexity index is 1930. The summed E-state index contributed by atoms with van der Waals surface area (Å²) in [5.41, 5.74) is -2.78. The maximum Gasteiger partial charge on any atom is 0.311 e. The van der Waals surface area contributed by atoms with E-state index in [1.54, 1.807) is 54.1 Å². The minimum atomic E-state index is -2.17. The van der Waals surface area contributed by atoms with Gasteiger partial charge in [-0.3, -0.25) is 14.4 Å². The summed E-state index contributed by atoms with van der Waals surface area (Å²) in [5.74, 6) is -4.78. The van der Waals surface area contributed by atoms with Crippen LogP contribution in [0.1, 0.15) is 100.0 Å². The molecule has 16 heteroatoms. The Labute approximate surface area is 397 Å². The van der Waals surface area contributed by atoms with Crippen LogP contribution >= 0.6 is 0 Å². The maximum atomic E-state index is 14.8. The van der Waals surface area contributed by atoms with E-state index in [-0.39, 0.29) is 62.5 Å². The van der Waals surface area contributed by atoms with Gasteiger partial charge in [0.25, 0.3) is 0 Å². The third-order valence-corrected chi connectivity index (χ3v) is 15.4. The number of carbonyl (C=O) groups excluding carboxylic acids is 3. The molecule has 0 bridgehead atoms. The van der Waals surface area contributed by atoms with Crippen LogP contribution in [0.3, 0.4) is 0 Å². The summed E-state index contributed by atoms with van der Waals surface area (Å²) in [6.07, 6.45) is -5.84. The molecule has 3 saturated heterocycles. The number of aliphatic hydroxyl groups is 4. The zero-order valence-electron chi connectivity index (χ0n) is 42.0. The molecule has 8 unspecified atom stereocenters. The third kappa shape index (κ3) is 12.5. The van der Waals surface area contributed by atoms with Gasteiger partial charge in [0.05, 0.1) is 66.4 Å². The minimum absolute atomic E-state index is 0.0373. The lowest BCUT2D eigenvalue weighted by Gasteiger charge is -2.50. The number of cyclic esters (lactones) is 1. The van der Waals surface area contributed by atoms with Gasteiger partial charge in [-0.2, -0.15) is 0 Å². The smallest absolute Gasteiger partial charge is 0.311 e. The highest BCUT2D eigenvalue weighted by Crippen LogP contribution is 2.45. The molecule has 0 saturated carbocycles. The summed E-state index contributed by atoms with van der Waals surface area (Å²) >= 11 is 0. The highest BCUT2D eigenvalue weighted by Gasteiger charge is 2.53. The first kappa shape index (κ1) is 54.6. The fourth-order valence-electron chi connectivity index (χ4n) is 11.0. The molecule has 2 aromatic rings. The fourth-order valence-corrected chi connectivity index (χ4v) is 11.0. The zero-order chi connectivity index (χ0) is 49.8. The lowest BCUT2D eigenvalue weighted by atomic mass is 9.67. The number of nitrogens with one attached hydrogen (secondary N) is 1. The van der Waals surface area contributed by atoms with Crippen molar-refractivity contribution in [3.8, 4) is 11.3 Å². The molecule has 1 aromatic heterocycles. The number of furan rings is 1. The molecule has 5 rings (SSSR count). The number of hydrogen-bond acceptors (Lipinski definition) is 15. The Morgan fingerprint density at radius 2 is 1.58 bits per heavy atom. The number of ether oxygens (including phenoxy) is 6. The maximum absolute atomic E-state index is 14.8. The first-order valence-electron chi connectivity index (χ1n) is 24.0. The van der Waals surface area contributed by atoms with Crippen LogP contribution in [-0.4, -0.2) is 156 Å². The quantitative estimate of drug-likeness (QED) is 0.172. The van der Waals surface area contributed by atoms with Crippen molar-refractivity contribution in [2.45, 2.75) is 179 Å². The molecule has 5 N–H and O–H groups in total. The van der Waals surface area contributed by atoms with Crippen molar-refractivity contribution in [2.75, 3.05) is 34.9 Å². The number of methoxy groups -OCH3 is 2. The van der Waals surface area contributed by atoms with Crippen LogP contribution in [0.25, 0.3) is 11.3 Å². The Hall–Kier alpha value is -3.29. The molecule has 3 aliphatic heterocycles. The van der Waals surface area contributed by atoms with E-state index < -0.39 is 101 Å². The van der Waals surface area contributed by atoms with Crippen LogP contribution in [0.4, 0.5) is 0 Å². The largest absolute Gasteiger partial charge is 0.464 e. The highest BCUT2D eigenvalue weighted by atomic mass is 16.7. The number of rotatable bonds is 13. The van der Waals surface area contributed by atoms with Gasteiger partial charge >= 0.3 is 5.97 Å². The van der Waals surface area contributed by atoms with E-state index >= 15 is 0 Å². The number of amides is 1. The number of esters is 1. The van der Waals surface area contributed by atoms with E-state index in [0.29, 0.717) is 12.2 Å². The molecule has 1 amide bonds. The standard InChI is InChI=1S/C51H80N2O14/c1-28-26-49(7,61-12)36(25-39-44(56)37(53(10)11)22-29(2)64-39)30(3)45(67-42-27-50(8,62-13)47(58)33(6)65-42)32(5)48(59)66-40(51(9,60)46(57)31(4)43(28)55)19-20-52-41(54)24-34-16-14-17-35(23-34)38-18-15-21-63-38/h14-18,21,23,28-33,36-37,39-40,42,44-47,56-58,60H,19-20,22,24-27H2,1-13H3,(H,52,54)/t28-,29?,30-,31+,32-,33?,36-,37?,39?,40-,42?,44?,45+,46-,47?,49-,50?,51-/m1/s1. The average Bonchev–Trinajstić information content (AvgIpc) is 3.83. The molecule has 16 nitrogen and oxygen atoms in total. The van der Waals surface area contributed by atoms with Crippen molar-refractivity contribution < 1.29 is 67.6 Å². The predicted octanol–water partition coefficient (Wildman–Crippen LogP) is 4.70. The first-order chi connectivity index (χ1) is 31.4. The van der Waals surface area contributed by atoms with Crippen LogP contribution in [0, 0.1) is 29.6 Å². The van der Waals surface area contributed by atoms with Gasteiger partial charge in [-0.1, -0.05) is 39.0 Å². The molecule has 67 heavy (non-hydrogen) atoms. The minimum Gasteiger partial charge on any atom is -0.464 e. The number of nitrogens with zero attached hydrogens (tertiary/aromatic N) is 1. The molecule has 0 radical (unpaired) electrons. The number of aliphatic hydroxyl groups excluding tert-OH is 3. The number of likely N-dealkylation sites (N-methyl/N-ethyl adjacent to an activating group) is 1. The van der Waals surface area contributed by atoms with Crippen molar-refractivity contribution in [2.24, 2.45) is 29.6 Å². The molecular weight excluding hydrogens is 865 g/mol.